The van der Waals surface area contributed by atoms with E-state index in [0.29, 0.717) is 10.7 Å². The number of thiophene rings is 1. The number of amides is 1. The average molecular weight is 430 g/mol. The van der Waals surface area contributed by atoms with Gasteiger partial charge in [0.15, 0.2) is 10.1 Å². The first-order valence-corrected chi connectivity index (χ1v) is 11.8. The molecule has 1 aliphatic carbocycles. The summed E-state index contributed by atoms with van der Waals surface area (Å²) in [5, 5.41) is 13.4. The molecule has 2 heterocycles. The van der Waals surface area contributed by atoms with E-state index >= 15 is 0 Å². The lowest BCUT2D eigenvalue weighted by molar-refractivity contribution is -0.116. The number of fused-ring (bicyclic) bond motifs is 1. The number of aromatic nitrogens is 2. The van der Waals surface area contributed by atoms with E-state index in [-0.39, 0.29) is 24.5 Å². The Morgan fingerprint density at radius 2 is 2.00 bits per heavy atom. The Morgan fingerprint density at radius 3 is 2.86 bits per heavy atom. The van der Waals surface area contributed by atoms with Crippen molar-refractivity contribution >= 4 is 51.3 Å². The molecule has 0 spiro atoms. The third-order valence-electron chi connectivity index (χ3n) is 4.57. The summed E-state index contributed by atoms with van der Waals surface area (Å²) >= 11 is 4.66. The van der Waals surface area contributed by atoms with Crippen LogP contribution in [0.4, 0.5) is 5.13 Å². The SMILES string of the molecule is O=C(CCC(=O)c1ccc2c(c1)CCC2)Nc1nnc(SCc2cccs2)s1. The van der Waals surface area contributed by atoms with Crippen molar-refractivity contribution in [2.75, 3.05) is 5.32 Å². The van der Waals surface area contributed by atoms with Gasteiger partial charge in [0, 0.05) is 29.0 Å². The fourth-order valence-corrected chi connectivity index (χ4v) is 5.69. The molecule has 0 saturated carbocycles. The molecule has 1 amide bonds. The Morgan fingerprint density at radius 1 is 1.11 bits per heavy atom. The third kappa shape index (κ3) is 4.87. The normalized spacial score (nSPS) is 12.7. The first-order chi connectivity index (χ1) is 13.7. The van der Waals surface area contributed by atoms with Crippen LogP contribution in [-0.2, 0) is 23.4 Å². The number of benzene rings is 1. The molecule has 0 atom stereocenters. The monoisotopic (exact) mass is 429 g/mol. The van der Waals surface area contributed by atoms with Crippen LogP contribution in [0.25, 0.3) is 0 Å². The molecule has 1 aliphatic rings. The second-order valence-electron chi connectivity index (χ2n) is 6.55. The molecule has 0 bridgehead atoms. The lowest BCUT2D eigenvalue weighted by Gasteiger charge is -2.04. The number of carbonyl (C=O) groups excluding carboxylic acids is 2. The van der Waals surface area contributed by atoms with Gasteiger partial charge in [-0.2, -0.15) is 0 Å². The summed E-state index contributed by atoms with van der Waals surface area (Å²) in [5.74, 6) is 0.643. The Labute approximate surface area is 175 Å². The summed E-state index contributed by atoms with van der Waals surface area (Å²) in [5.41, 5.74) is 3.33. The van der Waals surface area contributed by atoms with Gasteiger partial charge in [-0.1, -0.05) is 41.3 Å². The summed E-state index contributed by atoms with van der Waals surface area (Å²) in [7, 11) is 0. The summed E-state index contributed by atoms with van der Waals surface area (Å²) in [6.45, 7) is 0. The predicted molar refractivity (Wildman–Crippen MR) is 114 cm³/mol. The highest BCUT2D eigenvalue weighted by Gasteiger charge is 2.15. The highest BCUT2D eigenvalue weighted by Crippen LogP contribution is 2.29. The Bertz CT molecular complexity index is 983. The fraction of sp³-hybridized carbons (Fsp3) is 0.300. The standard InChI is InChI=1S/C20H19N3O2S3/c24-17(15-7-6-13-3-1-4-14(13)11-15)8-9-18(25)21-19-22-23-20(28-19)27-12-16-5-2-10-26-16/h2,5-7,10-11H,1,3-4,8-9,12H2,(H,21,22,25). The van der Waals surface area contributed by atoms with Crippen LogP contribution < -0.4 is 5.32 Å². The lowest BCUT2D eigenvalue weighted by atomic mass is 10.0. The second-order valence-corrected chi connectivity index (χ2v) is 9.78. The van der Waals surface area contributed by atoms with Crippen LogP contribution in [0.2, 0.25) is 0 Å². The average Bonchev–Trinajstić information content (AvgIpc) is 3.45. The molecule has 28 heavy (non-hydrogen) atoms. The first-order valence-electron chi connectivity index (χ1n) is 9.11. The number of ketones is 1. The Balaban J connectivity index is 1.25. The number of carbonyl (C=O) groups is 2. The van der Waals surface area contributed by atoms with E-state index < -0.39 is 0 Å². The zero-order valence-electron chi connectivity index (χ0n) is 15.1. The number of Topliss-reactive ketones (excluding diaryl/α,β-unsaturated/α-hetero) is 1. The first kappa shape index (κ1) is 19.3. The molecule has 0 aliphatic heterocycles. The molecular formula is C20H19N3O2S3. The highest BCUT2D eigenvalue weighted by molar-refractivity contribution is 8.00. The zero-order valence-corrected chi connectivity index (χ0v) is 17.6. The number of nitrogens with zero attached hydrogens (tertiary/aromatic N) is 2. The smallest absolute Gasteiger partial charge is 0.226 e. The van der Waals surface area contributed by atoms with E-state index in [1.54, 1.807) is 23.1 Å². The van der Waals surface area contributed by atoms with Gasteiger partial charge in [-0.15, -0.1) is 21.5 Å². The van der Waals surface area contributed by atoms with Crippen molar-refractivity contribution in [2.45, 2.75) is 42.2 Å². The maximum atomic E-state index is 12.4. The molecule has 2 aromatic heterocycles. The van der Waals surface area contributed by atoms with Crippen molar-refractivity contribution in [3.8, 4) is 0 Å². The van der Waals surface area contributed by atoms with Crippen molar-refractivity contribution < 1.29 is 9.59 Å². The molecule has 4 rings (SSSR count). The maximum absolute atomic E-state index is 12.4. The van der Waals surface area contributed by atoms with E-state index in [1.807, 2.05) is 29.6 Å². The van der Waals surface area contributed by atoms with E-state index in [4.69, 9.17) is 0 Å². The van der Waals surface area contributed by atoms with Crippen LogP contribution in [-0.4, -0.2) is 21.9 Å². The van der Waals surface area contributed by atoms with Crippen LogP contribution in [0.3, 0.4) is 0 Å². The van der Waals surface area contributed by atoms with Crippen LogP contribution in [0.15, 0.2) is 40.1 Å². The number of aryl methyl sites for hydroxylation is 2. The number of hydrogen-bond acceptors (Lipinski definition) is 7. The molecule has 8 heteroatoms. The molecule has 3 aromatic rings. The molecule has 144 valence electrons. The van der Waals surface area contributed by atoms with Crippen LogP contribution in [0.1, 0.15) is 45.6 Å². The second kappa shape index (κ2) is 8.98. The Hall–Kier alpha value is -2.03. The highest BCUT2D eigenvalue weighted by atomic mass is 32.2. The Kier molecular flexibility index (Phi) is 6.19. The quantitative estimate of drug-likeness (QED) is 0.310. The van der Waals surface area contributed by atoms with Gasteiger partial charge in [0.05, 0.1) is 0 Å². The summed E-state index contributed by atoms with van der Waals surface area (Å²) in [4.78, 5) is 25.8. The number of thioether (sulfide) groups is 1. The van der Waals surface area contributed by atoms with Gasteiger partial charge >= 0.3 is 0 Å². The summed E-state index contributed by atoms with van der Waals surface area (Å²) in [6, 6.07) is 10.0. The number of rotatable bonds is 8. The van der Waals surface area contributed by atoms with E-state index in [0.717, 1.165) is 29.4 Å². The third-order valence-corrected chi connectivity index (χ3v) is 7.65. The summed E-state index contributed by atoms with van der Waals surface area (Å²) in [6.07, 6.45) is 3.64. The molecule has 0 fully saturated rings. The van der Waals surface area contributed by atoms with Gasteiger partial charge in [-0.25, -0.2) is 0 Å². The largest absolute Gasteiger partial charge is 0.300 e. The van der Waals surface area contributed by atoms with Crippen molar-refractivity contribution in [3.63, 3.8) is 0 Å². The van der Waals surface area contributed by atoms with Crippen LogP contribution >= 0.6 is 34.4 Å². The maximum Gasteiger partial charge on any atom is 0.226 e. The van der Waals surface area contributed by atoms with Gasteiger partial charge in [0.2, 0.25) is 11.0 Å². The summed E-state index contributed by atoms with van der Waals surface area (Å²) < 4.78 is 0.818. The van der Waals surface area contributed by atoms with E-state index in [9.17, 15) is 9.59 Å². The van der Waals surface area contributed by atoms with Gasteiger partial charge < -0.3 is 5.32 Å². The van der Waals surface area contributed by atoms with Crippen molar-refractivity contribution in [2.24, 2.45) is 0 Å². The van der Waals surface area contributed by atoms with E-state index in [1.165, 1.54) is 27.3 Å². The molecule has 0 saturated heterocycles. The molecule has 0 unspecified atom stereocenters. The van der Waals surface area contributed by atoms with Crippen molar-refractivity contribution in [3.05, 3.63) is 57.3 Å². The molecule has 1 aromatic carbocycles. The minimum absolute atomic E-state index is 0.00862. The van der Waals surface area contributed by atoms with Crippen molar-refractivity contribution in [1.82, 2.24) is 10.2 Å². The zero-order chi connectivity index (χ0) is 19.3. The molecule has 0 radical (unpaired) electrons. The minimum Gasteiger partial charge on any atom is -0.300 e. The molecule has 5 nitrogen and oxygen atoms in total. The minimum atomic E-state index is -0.208. The van der Waals surface area contributed by atoms with Crippen molar-refractivity contribution in [1.29, 1.82) is 0 Å². The molecular weight excluding hydrogens is 410 g/mol. The number of anilines is 1. The fourth-order valence-electron chi connectivity index (χ4n) is 3.14. The number of nitrogens with one attached hydrogen (secondary N) is 1. The number of hydrogen-bond donors (Lipinski definition) is 1. The predicted octanol–water partition coefficient (Wildman–Crippen LogP) is 4.98. The van der Waals surface area contributed by atoms with E-state index in [2.05, 4.69) is 21.6 Å². The lowest BCUT2D eigenvalue weighted by Crippen LogP contribution is -2.13. The van der Waals surface area contributed by atoms with Gasteiger partial charge in [-0.05, 0) is 47.9 Å². The van der Waals surface area contributed by atoms with Gasteiger partial charge in [0.25, 0.3) is 0 Å². The van der Waals surface area contributed by atoms with Gasteiger partial charge in [-0.3, -0.25) is 9.59 Å². The topological polar surface area (TPSA) is 72.0 Å². The van der Waals surface area contributed by atoms with Crippen LogP contribution in [0, 0.1) is 0 Å². The van der Waals surface area contributed by atoms with Crippen LogP contribution in [0.5, 0.6) is 0 Å². The van der Waals surface area contributed by atoms with Gasteiger partial charge in [0.1, 0.15) is 0 Å². The molecule has 1 N–H and O–H groups in total.